The van der Waals surface area contributed by atoms with Crippen LogP contribution in [0.4, 0.5) is 0 Å². The summed E-state index contributed by atoms with van der Waals surface area (Å²) >= 11 is 3.50. The summed E-state index contributed by atoms with van der Waals surface area (Å²) in [5, 5.41) is 3.60. The first kappa shape index (κ1) is 14.5. The van der Waals surface area contributed by atoms with Crippen LogP contribution >= 0.6 is 15.9 Å². The fourth-order valence-electron chi connectivity index (χ4n) is 2.59. The number of rotatable bonds is 3. The molecule has 0 bridgehead atoms. The number of ether oxygens (including phenoxy) is 1. The van der Waals surface area contributed by atoms with Gasteiger partial charge in [0.1, 0.15) is 11.6 Å². The van der Waals surface area contributed by atoms with Crippen molar-refractivity contribution < 1.29 is 4.74 Å². The first-order valence-corrected chi connectivity index (χ1v) is 7.96. The number of nitrogens with one attached hydrogen (secondary N) is 1. The lowest BCUT2D eigenvalue weighted by molar-refractivity contribution is 0.315. The Morgan fingerprint density at radius 2 is 2.29 bits per heavy atom. The lowest BCUT2D eigenvalue weighted by atomic mass is 10.0. The van der Waals surface area contributed by atoms with Gasteiger partial charge in [0.05, 0.1) is 12.3 Å². The molecule has 0 amide bonds. The predicted octanol–water partition coefficient (Wildman–Crippen LogP) is 3.55. The Balaban J connectivity index is 1.76. The van der Waals surface area contributed by atoms with Crippen molar-refractivity contribution in [3.63, 3.8) is 0 Å². The number of halogens is 1. The summed E-state index contributed by atoms with van der Waals surface area (Å²) in [5.74, 6) is 1.78. The second-order valence-corrected chi connectivity index (χ2v) is 6.12. The topological polar surface area (TPSA) is 47.0 Å². The molecule has 2 aromatic rings. The number of hydrogen-bond donors (Lipinski definition) is 1. The van der Waals surface area contributed by atoms with E-state index in [1.807, 2.05) is 19.1 Å². The Labute approximate surface area is 133 Å². The predicted molar refractivity (Wildman–Crippen MR) is 85.2 cm³/mol. The lowest BCUT2D eigenvalue weighted by Gasteiger charge is -2.18. The van der Waals surface area contributed by atoms with Crippen molar-refractivity contribution in [1.29, 1.82) is 0 Å². The molecule has 1 aromatic heterocycles. The summed E-state index contributed by atoms with van der Waals surface area (Å²) < 4.78 is 6.88. The van der Waals surface area contributed by atoms with Gasteiger partial charge in [-0.3, -0.25) is 0 Å². The van der Waals surface area contributed by atoms with Crippen LogP contribution in [-0.4, -0.2) is 16.6 Å². The zero-order chi connectivity index (χ0) is 14.7. The number of benzene rings is 1. The van der Waals surface area contributed by atoms with Crippen molar-refractivity contribution in [2.24, 2.45) is 0 Å². The molecule has 1 atom stereocenters. The van der Waals surface area contributed by atoms with Crippen molar-refractivity contribution in [2.45, 2.75) is 32.4 Å². The Hall–Kier alpha value is -1.46. The van der Waals surface area contributed by atoms with Crippen molar-refractivity contribution in [1.82, 2.24) is 15.3 Å². The Bertz CT molecular complexity index is 633. The molecule has 0 aliphatic carbocycles. The van der Waals surface area contributed by atoms with Crippen LogP contribution in [0.2, 0.25) is 0 Å². The minimum absolute atomic E-state index is 0.297. The van der Waals surface area contributed by atoms with Gasteiger partial charge in [0, 0.05) is 28.8 Å². The number of hydrogen-bond acceptors (Lipinski definition) is 4. The van der Waals surface area contributed by atoms with Crippen LogP contribution in [0.1, 0.15) is 36.0 Å². The molecule has 110 valence electrons. The fourth-order valence-corrected chi connectivity index (χ4v) is 2.93. The van der Waals surface area contributed by atoms with Crippen molar-refractivity contribution in [3.05, 3.63) is 52.0 Å². The minimum atomic E-state index is 0.297. The lowest BCUT2D eigenvalue weighted by Crippen LogP contribution is -2.21. The highest BCUT2D eigenvalue weighted by molar-refractivity contribution is 9.10. The number of nitrogens with zero attached hydrogens (tertiary/aromatic N) is 2. The van der Waals surface area contributed by atoms with E-state index >= 15 is 0 Å². The summed E-state index contributed by atoms with van der Waals surface area (Å²) in [6.07, 6.45) is 3.92. The van der Waals surface area contributed by atoms with Gasteiger partial charge in [0.25, 0.3) is 0 Å². The Kier molecular flexibility index (Phi) is 4.51. The van der Waals surface area contributed by atoms with Crippen LogP contribution in [0, 0.1) is 6.92 Å². The molecule has 0 fully saturated rings. The quantitative estimate of drug-likeness (QED) is 0.922. The molecule has 5 heteroatoms. The van der Waals surface area contributed by atoms with E-state index in [-0.39, 0.29) is 0 Å². The third-order valence-electron chi connectivity index (χ3n) is 3.61. The maximum Gasteiger partial charge on any atom is 0.125 e. The van der Waals surface area contributed by atoms with E-state index in [4.69, 9.17) is 4.74 Å². The van der Waals surface area contributed by atoms with Gasteiger partial charge < -0.3 is 10.1 Å². The van der Waals surface area contributed by atoms with E-state index < -0.39 is 0 Å². The molecule has 21 heavy (non-hydrogen) atoms. The molecule has 1 aliphatic rings. The van der Waals surface area contributed by atoms with Gasteiger partial charge in [-0.2, -0.15) is 0 Å². The van der Waals surface area contributed by atoms with E-state index in [2.05, 4.69) is 43.3 Å². The minimum Gasteiger partial charge on any atom is -0.493 e. The number of aryl methyl sites for hydroxylation is 1. The molecule has 1 aliphatic heterocycles. The zero-order valence-corrected chi connectivity index (χ0v) is 13.6. The maximum absolute atomic E-state index is 5.84. The summed E-state index contributed by atoms with van der Waals surface area (Å²) in [7, 11) is 0. The third kappa shape index (κ3) is 3.60. The normalized spacial score (nSPS) is 17.7. The van der Waals surface area contributed by atoms with Gasteiger partial charge in [-0.1, -0.05) is 22.0 Å². The molecule has 0 spiro atoms. The number of aromatic nitrogens is 2. The molecule has 0 saturated carbocycles. The molecule has 2 heterocycles. The van der Waals surface area contributed by atoms with E-state index in [9.17, 15) is 0 Å². The molecule has 1 aromatic carbocycles. The fraction of sp³-hybridized carbons (Fsp3) is 0.375. The first-order valence-electron chi connectivity index (χ1n) is 7.16. The molecule has 4 nitrogen and oxygen atoms in total. The van der Waals surface area contributed by atoms with Gasteiger partial charge in [-0.05, 0) is 38.0 Å². The Morgan fingerprint density at radius 3 is 3.14 bits per heavy atom. The standard InChI is InChI=1S/C16H18BrN3O/c1-11-18-7-6-13(20-11)10-19-15-3-2-8-21-16-9-12(17)4-5-14(15)16/h4-7,9,15,19H,2-3,8,10H2,1H3. The van der Waals surface area contributed by atoms with Crippen LogP contribution in [0.3, 0.4) is 0 Å². The van der Waals surface area contributed by atoms with Crippen molar-refractivity contribution in [2.75, 3.05) is 6.61 Å². The summed E-state index contributed by atoms with van der Waals surface area (Å²) in [6, 6.07) is 8.50. The van der Waals surface area contributed by atoms with Crippen LogP contribution in [0.15, 0.2) is 34.9 Å². The second-order valence-electron chi connectivity index (χ2n) is 5.20. The highest BCUT2D eigenvalue weighted by atomic mass is 79.9. The molecular formula is C16H18BrN3O. The van der Waals surface area contributed by atoms with Crippen LogP contribution in [-0.2, 0) is 6.54 Å². The van der Waals surface area contributed by atoms with Crippen LogP contribution < -0.4 is 10.1 Å². The summed E-state index contributed by atoms with van der Waals surface area (Å²) in [4.78, 5) is 8.57. The highest BCUT2D eigenvalue weighted by Crippen LogP contribution is 2.33. The summed E-state index contributed by atoms with van der Waals surface area (Å²) in [5.41, 5.74) is 2.24. The molecule has 1 unspecified atom stereocenters. The van der Waals surface area contributed by atoms with Gasteiger partial charge in [0.15, 0.2) is 0 Å². The average molecular weight is 348 g/mol. The maximum atomic E-state index is 5.84. The average Bonchev–Trinajstić information content (AvgIpc) is 2.67. The molecular weight excluding hydrogens is 330 g/mol. The van der Waals surface area contributed by atoms with E-state index in [0.29, 0.717) is 6.04 Å². The highest BCUT2D eigenvalue weighted by Gasteiger charge is 2.19. The van der Waals surface area contributed by atoms with Gasteiger partial charge in [0.2, 0.25) is 0 Å². The molecule has 1 N–H and O–H groups in total. The van der Waals surface area contributed by atoms with E-state index in [1.54, 1.807) is 6.20 Å². The van der Waals surface area contributed by atoms with Crippen LogP contribution in [0.5, 0.6) is 5.75 Å². The van der Waals surface area contributed by atoms with Crippen molar-refractivity contribution >= 4 is 15.9 Å². The number of fused-ring (bicyclic) bond motifs is 1. The van der Waals surface area contributed by atoms with E-state index in [1.165, 1.54) is 5.56 Å². The monoisotopic (exact) mass is 347 g/mol. The largest absolute Gasteiger partial charge is 0.493 e. The Morgan fingerprint density at radius 1 is 1.38 bits per heavy atom. The smallest absolute Gasteiger partial charge is 0.125 e. The molecule has 0 radical (unpaired) electrons. The molecule has 0 saturated heterocycles. The van der Waals surface area contributed by atoms with Gasteiger partial charge in [-0.25, -0.2) is 9.97 Å². The molecule has 3 rings (SSSR count). The van der Waals surface area contributed by atoms with Gasteiger partial charge >= 0.3 is 0 Å². The first-order chi connectivity index (χ1) is 10.2. The SMILES string of the molecule is Cc1nccc(CNC2CCCOc3cc(Br)ccc32)n1. The van der Waals surface area contributed by atoms with Crippen molar-refractivity contribution in [3.8, 4) is 5.75 Å². The van der Waals surface area contributed by atoms with Crippen LogP contribution in [0.25, 0.3) is 0 Å². The zero-order valence-electron chi connectivity index (χ0n) is 12.0. The summed E-state index contributed by atoms with van der Waals surface area (Å²) in [6.45, 7) is 3.42. The van der Waals surface area contributed by atoms with Gasteiger partial charge in [-0.15, -0.1) is 0 Å². The third-order valence-corrected chi connectivity index (χ3v) is 4.10. The second kappa shape index (κ2) is 6.54. The van der Waals surface area contributed by atoms with E-state index in [0.717, 1.165) is 47.7 Å².